The van der Waals surface area contributed by atoms with E-state index in [-0.39, 0.29) is 17.9 Å². The summed E-state index contributed by atoms with van der Waals surface area (Å²) < 4.78 is 5.09. The van der Waals surface area contributed by atoms with E-state index in [4.69, 9.17) is 15.3 Å². The minimum absolute atomic E-state index is 0.0619. The number of amides is 2. The summed E-state index contributed by atoms with van der Waals surface area (Å²) in [5.74, 6) is 0.796. The standard InChI is InChI=1S/C13H16N4OS.C11H13NO2.CH2O/c1-15-11(12(18)16-2)9-5-3-8(4-6-9)10-7-19-13(14)17-10;1-3-12-7-8-4-5-9(14-2)6-10(8)11(12)13;1-2/h3-7,11,15H,1-2H3,(H2,14,17)(H,16,18);4-6H,3,7H2,1-2H3;1H2. The first-order valence-corrected chi connectivity index (χ1v) is 11.7. The van der Waals surface area contributed by atoms with E-state index >= 15 is 0 Å². The maximum atomic E-state index is 11.8. The molecule has 9 nitrogen and oxygen atoms in total. The van der Waals surface area contributed by atoms with E-state index in [0.29, 0.717) is 5.13 Å². The van der Waals surface area contributed by atoms with E-state index in [1.54, 1.807) is 21.2 Å². The van der Waals surface area contributed by atoms with Crippen molar-refractivity contribution in [2.45, 2.75) is 19.5 Å². The number of carbonyl (C=O) groups excluding carboxylic acids is 3. The van der Waals surface area contributed by atoms with Crippen molar-refractivity contribution in [1.82, 2.24) is 20.5 Å². The number of anilines is 1. The Morgan fingerprint density at radius 3 is 2.43 bits per heavy atom. The Morgan fingerprint density at radius 2 is 1.91 bits per heavy atom. The average molecular weight is 498 g/mol. The largest absolute Gasteiger partial charge is 0.497 e. The molecule has 186 valence electrons. The molecule has 3 aromatic rings. The van der Waals surface area contributed by atoms with Gasteiger partial charge in [-0.2, -0.15) is 0 Å². The second-order valence-corrected chi connectivity index (χ2v) is 8.26. The van der Waals surface area contributed by atoms with Crippen LogP contribution in [-0.4, -0.2) is 56.2 Å². The third kappa shape index (κ3) is 6.65. The van der Waals surface area contributed by atoms with Crippen LogP contribution in [0.25, 0.3) is 11.3 Å². The van der Waals surface area contributed by atoms with Crippen molar-refractivity contribution in [2.24, 2.45) is 0 Å². The number of carbonyl (C=O) groups is 3. The summed E-state index contributed by atoms with van der Waals surface area (Å²) in [6, 6.07) is 13.0. The van der Waals surface area contributed by atoms with E-state index in [1.165, 1.54) is 11.3 Å². The second kappa shape index (κ2) is 13.2. The first kappa shape index (κ1) is 27.5. The number of rotatable bonds is 6. The fourth-order valence-electron chi connectivity index (χ4n) is 3.58. The lowest BCUT2D eigenvalue weighted by Gasteiger charge is -2.15. The molecule has 2 heterocycles. The van der Waals surface area contributed by atoms with Crippen LogP contribution in [0.2, 0.25) is 0 Å². The molecule has 0 radical (unpaired) electrons. The predicted octanol–water partition coefficient (Wildman–Crippen LogP) is 2.88. The zero-order chi connectivity index (χ0) is 26.0. The summed E-state index contributed by atoms with van der Waals surface area (Å²) in [5.41, 5.74) is 10.3. The monoisotopic (exact) mass is 497 g/mol. The molecule has 1 aromatic heterocycles. The number of nitrogens with two attached hydrogens (primary N) is 1. The average Bonchev–Trinajstić information content (AvgIpc) is 3.48. The van der Waals surface area contributed by atoms with Crippen LogP contribution in [0.1, 0.15) is 34.5 Å². The molecule has 10 heteroatoms. The number of hydrogen-bond acceptors (Lipinski definition) is 8. The Balaban J connectivity index is 0.000000239. The molecule has 0 bridgehead atoms. The van der Waals surface area contributed by atoms with E-state index in [9.17, 15) is 9.59 Å². The number of hydrogen-bond donors (Lipinski definition) is 3. The van der Waals surface area contributed by atoms with Crippen LogP contribution in [0.15, 0.2) is 47.8 Å². The van der Waals surface area contributed by atoms with Gasteiger partial charge in [-0.1, -0.05) is 30.3 Å². The van der Waals surface area contributed by atoms with Crippen LogP contribution in [0.3, 0.4) is 0 Å². The highest BCUT2D eigenvalue weighted by molar-refractivity contribution is 7.13. The van der Waals surface area contributed by atoms with Crippen molar-refractivity contribution in [1.29, 1.82) is 0 Å². The number of nitrogens with one attached hydrogen (secondary N) is 2. The molecule has 2 amide bonds. The van der Waals surface area contributed by atoms with Gasteiger partial charge in [0.25, 0.3) is 5.91 Å². The van der Waals surface area contributed by atoms with Crippen molar-refractivity contribution in [3.05, 3.63) is 64.5 Å². The molecular weight excluding hydrogens is 466 g/mol. The van der Waals surface area contributed by atoms with Gasteiger partial charge in [0.2, 0.25) is 5.91 Å². The Labute approximate surface area is 209 Å². The number of thiazole rings is 1. The van der Waals surface area contributed by atoms with Gasteiger partial charge in [-0.25, -0.2) is 4.98 Å². The SMILES string of the molecule is C=O.CCN1Cc2ccc(OC)cc2C1=O.CNC(=O)C(NC)c1ccc(-c2csc(N)n2)cc1. The minimum Gasteiger partial charge on any atom is -0.497 e. The molecule has 0 spiro atoms. The Kier molecular flexibility index (Phi) is 10.4. The number of nitrogen functional groups attached to an aromatic ring is 1. The minimum atomic E-state index is -0.348. The normalized spacial score (nSPS) is 12.5. The number of nitrogens with zero attached hydrogens (tertiary/aromatic N) is 2. The maximum absolute atomic E-state index is 11.8. The van der Waals surface area contributed by atoms with Crippen LogP contribution >= 0.6 is 11.3 Å². The van der Waals surface area contributed by atoms with Crippen LogP contribution in [0.5, 0.6) is 5.75 Å². The molecule has 0 aliphatic carbocycles. The summed E-state index contributed by atoms with van der Waals surface area (Å²) in [6.07, 6.45) is 0. The fourth-order valence-corrected chi connectivity index (χ4v) is 4.15. The van der Waals surface area contributed by atoms with Crippen molar-refractivity contribution < 1.29 is 19.1 Å². The zero-order valence-electron chi connectivity index (χ0n) is 20.3. The Morgan fingerprint density at radius 1 is 1.23 bits per heavy atom. The van der Waals surface area contributed by atoms with Gasteiger partial charge >= 0.3 is 0 Å². The van der Waals surface area contributed by atoms with E-state index < -0.39 is 0 Å². The lowest BCUT2D eigenvalue weighted by atomic mass is 10.0. The zero-order valence-corrected chi connectivity index (χ0v) is 21.1. The fraction of sp³-hybridized carbons (Fsp3) is 0.280. The second-order valence-electron chi connectivity index (χ2n) is 7.37. The number of aromatic nitrogens is 1. The number of benzene rings is 2. The third-order valence-corrected chi connectivity index (χ3v) is 6.11. The maximum Gasteiger partial charge on any atom is 0.254 e. The first-order chi connectivity index (χ1) is 16.9. The van der Waals surface area contributed by atoms with Crippen molar-refractivity contribution >= 4 is 35.1 Å². The van der Waals surface area contributed by atoms with Crippen molar-refractivity contribution in [3.63, 3.8) is 0 Å². The van der Waals surface area contributed by atoms with Crippen molar-refractivity contribution in [3.8, 4) is 17.0 Å². The molecule has 4 N–H and O–H groups in total. The molecule has 2 aromatic carbocycles. The number of likely N-dealkylation sites (N-methyl/N-ethyl adjacent to an activating group) is 2. The van der Waals surface area contributed by atoms with E-state index in [0.717, 1.165) is 46.8 Å². The predicted molar refractivity (Wildman–Crippen MR) is 138 cm³/mol. The van der Waals surface area contributed by atoms with E-state index in [1.807, 2.05) is 66.5 Å². The molecule has 0 saturated heterocycles. The summed E-state index contributed by atoms with van der Waals surface area (Å²) in [5, 5.41) is 8.09. The lowest BCUT2D eigenvalue weighted by molar-refractivity contribution is -0.122. The Bertz CT molecular complexity index is 1130. The molecule has 0 fully saturated rings. The Hall–Kier alpha value is -3.76. The molecular formula is C25H31N5O4S. The number of fused-ring (bicyclic) bond motifs is 1. The highest BCUT2D eigenvalue weighted by Gasteiger charge is 2.26. The molecule has 0 saturated carbocycles. The highest BCUT2D eigenvalue weighted by atomic mass is 32.1. The summed E-state index contributed by atoms with van der Waals surface area (Å²) in [4.78, 5) is 37.5. The molecule has 1 atom stereocenters. The summed E-state index contributed by atoms with van der Waals surface area (Å²) >= 11 is 1.41. The molecule has 4 rings (SSSR count). The van der Waals surface area contributed by atoms with Gasteiger partial charge in [-0.3, -0.25) is 9.59 Å². The van der Waals surface area contributed by atoms with Crippen LogP contribution in [0, 0.1) is 0 Å². The number of methoxy groups -OCH3 is 1. The summed E-state index contributed by atoms with van der Waals surface area (Å²) in [6.45, 7) is 5.48. The molecule has 35 heavy (non-hydrogen) atoms. The molecule has 1 aliphatic heterocycles. The van der Waals surface area contributed by atoms with Crippen molar-refractivity contribution in [2.75, 3.05) is 33.5 Å². The topological polar surface area (TPSA) is 127 Å². The van der Waals surface area contributed by atoms with Gasteiger partial charge in [-0.05, 0) is 37.2 Å². The van der Waals surface area contributed by atoms with Crippen LogP contribution in [0.4, 0.5) is 5.13 Å². The van der Waals surface area contributed by atoms with Gasteiger partial charge in [0, 0.05) is 36.6 Å². The van der Waals surface area contributed by atoms with Gasteiger partial charge in [0.1, 0.15) is 18.6 Å². The van der Waals surface area contributed by atoms with Gasteiger partial charge in [-0.15, -0.1) is 11.3 Å². The molecule has 1 unspecified atom stereocenters. The van der Waals surface area contributed by atoms with Crippen LogP contribution < -0.4 is 21.1 Å². The molecule has 1 aliphatic rings. The summed E-state index contributed by atoms with van der Waals surface area (Å²) in [7, 11) is 4.99. The lowest BCUT2D eigenvalue weighted by Crippen LogP contribution is -2.33. The van der Waals surface area contributed by atoms with Crippen LogP contribution in [-0.2, 0) is 16.1 Å². The van der Waals surface area contributed by atoms with Gasteiger partial charge < -0.3 is 30.8 Å². The highest BCUT2D eigenvalue weighted by Crippen LogP contribution is 2.26. The first-order valence-electron chi connectivity index (χ1n) is 10.9. The third-order valence-electron chi connectivity index (χ3n) is 5.44. The smallest absolute Gasteiger partial charge is 0.254 e. The van der Waals surface area contributed by atoms with Gasteiger partial charge in [0.05, 0.1) is 12.8 Å². The van der Waals surface area contributed by atoms with Gasteiger partial charge in [0.15, 0.2) is 5.13 Å². The quantitative estimate of drug-likeness (QED) is 0.478. The number of ether oxygens (including phenoxy) is 1. The van der Waals surface area contributed by atoms with E-state index in [2.05, 4.69) is 15.6 Å².